The number of hydrogen-bond donors (Lipinski definition) is 1. The molecule has 9 nitrogen and oxygen atoms in total. The molecule has 0 aliphatic carbocycles. The van der Waals surface area contributed by atoms with E-state index in [9.17, 15) is 14.9 Å². The number of hydrogen-bond acceptors (Lipinski definition) is 8. The number of non-ortho nitro benzene ring substituents is 1. The number of anilines is 1. The van der Waals surface area contributed by atoms with E-state index >= 15 is 0 Å². The smallest absolute Gasteiger partial charge is 0.277 e. The summed E-state index contributed by atoms with van der Waals surface area (Å²) >= 11 is 18.9. The van der Waals surface area contributed by atoms with Crippen molar-refractivity contribution in [2.75, 3.05) is 18.2 Å². The molecule has 3 rings (SSSR count). The number of aromatic nitrogens is 2. The Bertz CT molecular complexity index is 1100. The molecule has 0 radical (unpaired) electrons. The molecule has 1 heterocycles. The quantitative estimate of drug-likeness (QED) is 0.268. The van der Waals surface area contributed by atoms with Gasteiger partial charge in [0.15, 0.2) is 0 Å². The minimum Gasteiger partial charge on any atom is -0.496 e. The van der Waals surface area contributed by atoms with Gasteiger partial charge in [0, 0.05) is 17.2 Å². The van der Waals surface area contributed by atoms with E-state index in [-0.39, 0.29) is 38.3 Å². The standard InChI is InChI=1S/C17H11Cl3N4O5S/c1-28-13-3-2-8(18)4-10(13)16-22-23-17(29-16)30-7-14(25)21-15-11(19)5-9(24(26)27)6-12(15)20/h2-6H,7H2,1H3,(H,21,25). The number of ether oxygens (including phenoxy) is 1. The van der Waals surface area contributed by atoms with E-state index in [4.69, 9.17) is 44.0 Å². The Morgan fingerprint density at radius 3 is 2.57 bits per heavy atom. The molecule has 1 amide bonds. The molecule has 0 atom stereocenters. The number of carbonyl (C=O) groups is 1. The lowest BCUT2D eigenvalue weighted by Gasteiger charge is -2.08. The van der Waals surface area contributed by atoms with Gasteiger partial charge in [-0.2, -0.15) is 0 Å². The van der Waals surface area contributed by atoms with Gasteiger partial charge >= 0.3 is 0 Å². The molecule has 0 aliphatic rings. The molecule has 0 aliphatic heterocycles. The number of carbonyl (C=O) groups excluding carboxylic acids is 1. The summed E-state index contributed by atoms with van der Waals surface area (Å²) in [5, 5.41) is 21.6. The number of halogens is 3. The molecule has 0 unspecified atom stereocenters. The highest BCUT2D eigenvalue weighted by atomic mass is 35.5. The zero-order valence-electron chi connectivity index (χ0n) is 15.0. The number of thioether (sulfide) groups is 1. The average Bonchev–Trinajstić information content (AvgIpc) is 3.17. The van der Waals surface area contributed by atoms with Crippen LogP contribution in [0.3, 0.4) is 0 Å². The third kappa shape index (κ3) is 5.14. The van der Waals surface area contributed by atoms with E-state index in [0.29, 0.717) is 16.3 Å². The summed E-state index contributed by atoms with van der Waals surface area (Å²) in [6.07, 6.45) is 0. The Balaban J connectivity index is 1.67. The van der Waals surface area contributed by atoms with Crippen molar-refractivity contribution in [1.29, 1.82) is 0 Å². The summed E-state index contributed by atoms with van der Waals surface area (Å²) in [5.74, 6) is 0.106. The molecule has 13 heteroatoms. The van der Waals surface area contributed by atoms with Crippen LogP contribution in [0.25, 0.3) is 11.5 Å². The Morgan fingerprint density at radius 2 is 1.93 bits per heavy atom. The molecule has 0 fully saturated rings. The van der Waals surface area contributed by atoms with Crippen LogP contribution in [0.15, 0.2) is 40.0 Å². The van der Waals surface area contributed by atoms with Gasteiger partial charge in [-0.1, -0.05) is 46.6 Å². The second-order valence-electron chi connectivity index (χ2n) is 5.60. The molecule has 1 aromatic heterocycles. The number of nitro groups is 1. The highest BCUT2D eigenvalue weighted by molar-refractivity contribution is 7.99. The minimum absolute atomic E-state index is 0.0549. The topological polar surface area (TPSA) is 120 Å². The summed E-state index contributed by atoms with van der Waals surface area (Å²) in [6.45, 7) is 0. The number of rotatable bonds is 7. The molecule has 0 spiro atoms. The molecule has 30 heavy (non-hydrogen) atoms. The summed E-state index contributed by atoms with van der Waals surface area (Å²) < 4.78 is 10.8. The third-order valence-electron chi connectivity index (χ3n) is 3.63. The molecular formula is C17H11Cl3N4O5S. The second-order valence-corrected chi connectivity index (χ2v) is 7.77. The Labute approximate surface area is 188 Å². The summed E-state index contributed by atoms with van der Waals surface area (Å²) in [6, 6.07) is 7.14. The van der Waals surface area contributed by atoms with E-state index in [0.717, 1.165) is 23.9 Å². The zero-order chi connectivity index (χ0) is 21.8. The van der Waals surface area contributed by atoms with Crippen LogP contribution in [0.2, 0.25) is 15.1 Å². The summed E-state index contributed by atoms with van der Waals surface area (Å²) in [4.78, 5) is 22.4. The maximum Gasteiger partial charge on any atom is 0.277 e. The lowest BCUT2D eigenvalue weighted by molar-refractivity contribution is -0.384. The Morgan fingerprint density at radius 1 is 1.23 bits per heavy atom. The van der Waals surface area contributed by atoms with Crippen LogP contribution in [0.4, 0.5) is 11.4 Å². The molecule has 156 valence electrons. The van der Waals surface area contributed by atoms with Crippen LogP contribution >= 0.6 is 46.6 Å². The van der Waals surface area contributed by atoms with Crippen molar-refractivity contribution < 1.29 is 18.9 Å². The first-order valence-corrected chi connectivity index (χ1v) is 10.1. The first-order chi connectivity index (χ1) is 14.3. The summed E-state index contributed by atoms with van der Waals surface area (Å²) in [7, 11) is 1.50. The van der Waals surface area contributed by atoms with Crippen LogP contribution in [-0.4, -0.2) is 33.9 Å². The molecule has 0 saturated carbocycles. The maximum absolute atomic E-state index is 12.2. The van der Waals surface area contributed by atoms with Gasteiger partial charge in [-0.3, -0.25) is 14.9 Å². The second kappa shape index (κ2) is 9.52. The normalized spacial score (nSPS) is 10.7. The molecule has 2 aromatic carbocycles. The van der Waals surface area contributed by atoms with Gasteiger partial charge in [0.2, 0.25) is 5.91 Å². The highest BCUT2D eigenvalue weighted by Gasteiger charge is 2.18. The van der Waals surface area contributed by atoms with Crippen molar-refractivity contribution in [3.63, 3.8) is 0 Å². The largest absolute Gasteiger partial charge is 0.496 e. The first-order valence-electron chi connectivity index (χ1n) is 8.02. The fourth-order valence-corrected chi connectivity index (χ4v) is 3.62. The number of methoxy groups -OCH3 is 1. The van der Waals surface area contributed by atoms with Crippen LogP contribution < -0.4 is 10.1 Å². The fourth-order valence-electron chi connectivity index (χ4n) is 2.31. The molecular weight excluding hydrogens is 479 g/mol. The van der Waals surface area contributed by atoms with Gasteiger partial charge in [-0.15, -0.1) is 10.2 Å². The van der Waals surface area contributed by atoms with Gasteiger partial charge in [0.25, 0.3) is 16.8 Å². The molecule has 1 N–H and O–H groups in total. The predicted molar refractivity (Wildman–Crippen MR) is 114 cm³/mol. The Hall–Kier alpha value is -2.53. The van der Waals surface area contributed by atoms with E-state index in [1.165, 1.54) is 7.11 Å². The van der Waals surface area contributed by atoms with Crippen molar-refractivity contribution in [3.05, 3.63) is 55.5 Å². The maximum atomic E-state index is 12.2. The van der Waals surface area contributed by atoms with E-state index in [1.54, 1.807) is 18.2 Å². The third-order valence-corrected chi connectivity index (χ3v) is 5.28. The van der Waals surface area contributed by atoms with Crippen molar-refractivity contribution in [2.45, 2.75) is 5.22 Å². The fraction of sp³-hybridized carbons (Fsp3) is 0.118. The van der Waals surface area contributed by atoms with Crippen LogP contribution in [-0.2, 0) is 4.79 Å². The molecule has 0 bridgehead atoms. The average molecular weight is 490 g/mol. The summed E-state index contributed by atoms with van der Waals surface area (Å²) in [5.41, 5.74) is 0.301. The predicted octanol–water partition coefficient (Wildman–Crippen LogP) is 5.34. The van der Waals surface area contributed by atoms with Crippen LogP contribution in [0.5, 0.6) is 5.75 Å². The number of nitrogens with zero attached hydrogens (tertiary/aromatic N) is 3. The number of nitro benzene ring substituents is 1. The number of nitrogens with one attached hydrogen (secondary N) is 1. The van der Waals surface area contributed by atoms with Gasteiger partial charge in [0.1, 0.15) is 5.75 Å². The number of amides is 1. The van der Waals surface area contributed by atoms with Crippen molar-refractivity contribution in [2.24, 2.45) is 0 Å². The highest BCUT2D eigenvalue weighted by Crippen LogP contribution is 2.35. The van der Waals surface area contributed by atoms with E-state index in [1.807, 2.05) is 0 Å². The van der Waals surface area contributed by atoms with Gasteiger partial charge < -0.3 is 14.5 Å². The zero-order valence-corrected chi connectivity index (χ0v) is 18.1. The van der Waals surface area contributed by atoms with E-state index in [2.05, 4.69) is 15.5 Å². The number of benzene rings is 2. The minimum atomic E-state index is -0.638. The van der Waals surface area contributed by atoms with Crippen molar-refractivity contribution >= 4 is 63.8 Å². The van der Waals surface area contributed by atoms with Gasteiger partial charge in [-0.25, -0.2) is 0 Å². The lowest BCUT2D eigenvalue weighted by atomic mass is 10.2. The lowest BCUT2D eigenvalue weighted by Crippen LogP contribution is -2.14. The first kappa shape index (κ1) is 22.2. The monoisotopic (exact) mass is 488 g/mol. The van der Waals surface area contributed by atoms with Crippen molar-refractivity contribution in [1.82, 2.24) is 10.2 Å². The van der Waals surface area contributed by atoms with Crippen LogP contribution in [0.1, 0.15) is 0 Å². The van der Waals surface area contributed by atoms with Crippen LogP contribution in [0, 0.1) is 10.1 Å². The SMILES string of the molecule is COc1ccc(Cl)cc1-c1nnc(SCC(=O)Nc2c(Cl)cc([N+](=O)[O-])cc2Cl)o1. The van der Waals surface area contributed by atoms with Gasteiger partial charge in [0.05, 0.1) is 39.1 Å². The molecule has 3 aromatic rings. The Kier molecular flexibility index (Phi) is 7.03. The van der Waals surface area contributed by atoms with Crippen molar-refractivity contribution in [3.8, 4) is 17.2 Å². The molecule has 0 saturated heterocycles. The van der Waals surface area contributed by atoms with Gasteiger partial charge in [-0.05, 0) is 18.2 Å². The van der Waals surface area contributed by atoms with E-state index < -0.39 is 10.8 Å².